The average Bonchev–Trinajstić information content (AvgIpc) is 3.84. The fourth-order valence-corrected chi connectivity index (χ4v) is 9.93. The van der Waals surface area contributed by atoms with Crippen LogP contribution in [-0.4, -0.2) is 15.0 Å². The Kier molecular flexibility index (Phi) is 7.87. The zero-order chi connectivity index (χ0) is 37.0. The summed E-state index contributed by atoms with van der Waals surface area (Å²) in [5.41, 5.74) is 9.67. The van der Waals surface area contributed by atoms with Crippen LogP contribution in [-0.2, 0) is 0 Å². The van der Waals surface area contributed by atoms with Gasteiger partial charge < -0.3 is 0 Å². The summed E-state index contributed by atoms with van der Waals surface area (Å²) in [6.45, 7) is 0. The van der Waals surface area contributed by atoms with E-state index in [2.05, 4.69) is 164 Å². The second kappa shape index (κ2) is 13.5. The minimum atomic E-state index is 0.633. The lowest BCUT2D eigenvalue weighted by Crippen LogP contribution is -2.00. The highest BCUT2D eigenvalue weighted by Crippen LogP contribution is 2.41. The third kappa shape index (κ3) is 5.86. The van der Waals surface area contributed by atoms with Crippen molar-refractivity contribution in [2.75, 3.05) is 0 Å². The molecule has 0 amide bonds. The van der Waals surface area contributed by atoms with Crippen LogP contribution in [0.25, 0.3) is 108 Å². The molecule has 0 fully saturated rings. The monoisotopic (exact) mass is 749 g/mol. The number of nitrogens with zero attached hydrogens (tertiary/aromatic N) is 3. The number of fused-ring (bicyclic) bond motifs is 6. The summed E-state index contributed by atoms with van der Waals surface area (Å²) in [5.74, 6) is 1.91. The molecule has 0 radical (unpaired) electrons. The zero-order valence-electron chi connectivity index (χ0n) is 30.1. The highest BCUT2D eigenvalue weighted by Gasteiger charge is 2.17. The SMILES string of the molecule is c1ccc(-c2ccc(-c3nc(-c4ccccc4)nc(-c4cc(-c5ccc6c(c5)sc5ccccc56)cc(-c5ccc6sc7ccccc7c6c5)c4)n3)cc2)cc1. The molecular formula is C51H31N3S2. The molecule has 262 valence electrons. The van der Waals surface area contributed by atoms with Crippen molar-refractivity contribution >= 4 is 63.0 Å². The van der Waals surface area contributed by atoms with Crippen molar-refractivity contribution in [1.29, 1.82) is 0 Å². The standard InChI is InChI=1S/C51H31N3S2/c1-3-11-32(12-4-1)33-19-21-35(22-20-33)50-52-49(34-13-5-2-6-14-34)53-51(54-50)40-28-38(36-24-26-47-44(30-36)42-16-8-10-18-46(42)55-47)27-39(29-40)37-23-25-43-41-15-7-9-17-45(41)56-48(43)31-37/h1-31H. The first-order valence-electron chi connectivity index (χ1n) is 18.7. The molecule has 11 rings (SSSR count). The molecule has 5 heteroatoms. The smallest absolute Gasteiger partial charge is 0.164 e. The lowest BCUT2D eigenvalue weighted by atomic mass is 9.94. The van der Waals surface area contributed by atoms with Gasteiger partial charge in [0.2, 0.25) is 0 Å². The van der Waals surface area contributed by atoms with Crippen LogP contribution in [0.15, 0.2) is 188 Å². The van der Waals surface area contributed by atoms with Gasteiger partial charge in [-0.3, -0.25) is 0 Å². The van der Waals surface area contributed by atoms with Gasteiger partial charge in [-0.1, -0.05) is 140 Å². The Morgan fingerprint density at radius 1 is 0.232 bits per heavy atom. The molecule has 3 nitrogen and oxygen atoms in total. The summed E-state index contributed by atoms with van der Waals surface area (Å²) in [7, 11) is 0. The Hall–Kier alpha value is -6.79. The Labute approximate surface area is 331 Å². The number of thiophene rings is 2. The van der Waals surface area contributed by atoms with E-state index < -0.39 is 0 Å². The van der Waals surface area contributed by atoms with Gasteiger partial charge in [0.25, 0.3) is 0 Å². The van der Waals surface area contributed by atoms with Crippen LogP contribution in [0.2, 0.25) is 0 Å². The Morgan fingerprint density at radius 3 is 1.32 bits per heavy atom. The van der Waals surface area contributed by atoms with Crippen LogP contribution >= 0.6 is 22.7 Å². The van der Waals surface area contributed by atoms with E-state index in [4.69, 9.17) is 15.0 Å². The van der Waals surface area contributed by atoms with Gasteiger partial charge in [0.05, 0.1) is 0 Å². The number of benzene rings is 8. The van der Waals surface area contributed by atoms with Crippen molar-refractivity contribution in [1.82, 2.24) is 15.0 Å². The largest absolute Gasteiger partial charge is 0.208 e. The van der Waals surface area contributed by atoms with Crippen molar-refractivity contribution in [3.63, 3.8) is 0 Å². The molecule has 0 spiro atoms. The average molecular weight is 750 g/mol. The first-order valence-corrected chi connectivity index (χ1v) is 20.3. The Bertz CT molecular complexity index is 3240. The summed E-state index contributed by atoms with van der Waals surface area (Å²) >= 11 is 3.68. The highest BCUT2D eigenvalue weighted by atomic mass is 32.1. The van der Waals surface area contributed by atoms with Crippen LogP contribution in [0.4, 0.5) is 0 Å². The second-order valence-electron chi connectivity index (χ2n) is 14.0. The molecule has 0 saturated carbocycles. The lowest BCUT2D eigenvalue weighted by molar-refractivity contribution is 1.07. The van der Waals surface area contributed by atoms with Gasteiger partial charge in [-0.05, 0) is 81.9 Å². The van der Waals surface area contributed by atoms with Gasteiger partial charge in [-0.2, -0.15) is 0 Å². The van der Waals surface area contributed by atoms with E-state index >= 15 is 0 Å². The predicted molar refractivity (Wildman–Crippen MR) is 238 cm³/mol. The number of rotatable bonds is 6. The van der Waals surface area contributed by atoms with E-state index in [0.717, 1.165) is 44.5 Å². The first kappa shape index (κ1) is 32.6. The van der Waals surface area contributed by atoms with Crippen LogP contribution in [0.3, 0.4) is 0 Å². The van der Waals surface area contributed by atoms with E-state index in [1.165, 1.54) is 45.9 Å². The Balaban J connectivity index is 1.11. The third-order valence-corrected chi connectivity index (χ3v) is 12.8. The normalized spacial score (nSPS) is 11.6. The molecule has 0 atom stereocenters. The van der Waals surface area contributed by atoms with Crippen LogP contribution in [0, 0.1) is 0 Å². The predicted octanol–water partition coefficient (Wildman–Crippen LogP) is 14.6. The molecule has 0 aliphatic heterocycles. The molecule has 3 aromatic heterocycles. The lowest BCUT2D eigenvalue weighted by Gasteiger charge is -2.13. The van der Waals surface area contributed by atoms with Crippen LogP contribution in [0.5, 0.6) is 0 Å². The van der Waals surface area contributed by atoms with Gasteiger partial charge in [0.1, 0.15) is 0 Å². The maximum atomic E-state index is 5.21. The molecule has 0 N–H and O–H groups in total. The molecule has 0 bridgehead atoms. The van der Waals surface area contributed by atoms with Gasteiger partial charge in [-0.25, -0.2) is 15.0 Å². The summed E-state index contributed by atoms with van der Waals surface area (Å²) < 4.78 is 5.16. The molecule has 0 aliphatic carbocycles. The summed E-state index contributed by atoms with van der Waals surface area (Å²) in [6.07, 6.45) is 0. The van der Waals surface area contributed by atoms with E-state index in [1.807, 2.05) is 46.9 Å². The molecule has 0 saturated heterocycles. The summed E-state index contributed by atoms with van der Waals surface area (Å²) in [4.78, 5) is 15.4. The number of hydrogen-bond donors (Lipinski definition) is 0. The van der Waals surface area contributed by atoms with Crippen molar-refractivity contribution in [2.24, 2.45) is 0 Å². The van der Waals surface area contributed by atoms with Gasteiger partial charge in [0, 0.05) is 57.0 Å². The summed E-state index contributed by atoms with van der Waals surface area (Å²) in [6, 6.07) is 67.0. The van der Waals surface area contributed by atoms with Crippen molar-refractivity contribution in [2.45, 2.75) is 0 Å². The topological polar surface area (TPSA) is 38.7 Å². The molecule has 11 aromatic rings. The highest BCUT2D eigenvalue weighted by molar-refractivity contribution is 7.26. The molecular weight excluding hydrogens is 719 g/mol. The third-order valence-electron chi connectivity index (χ3n) is 10.5. The van der Waals surface area contributed by atoms with Crippen molar-refractivity contribution in [3.8, 4) is 67.5 Å². The van der Waals surface area contributed by atoms with E-state index in [0.29, 0.717) is 17.5 Å². The zero-order valence-corrected chi connectivity index (χ0v) is 31.7. The van der Waals surface area contributed by atoms with Gasteiger partial charge in [-0.15, -0.1) is 22.7 Å². The van der Waals surface area contributed by atoms with Crippen molar-refractivity contribution in [3.05, 3.63) is 188 Å². The van der Waals surface area contributed by atoms with Gasteiger partial charge in [0.15, 0.2) is 17.5 Å². The maximum Gasteiger partial charge on any atom is 0.164 e. The van der Waals surface area contributed by atoms with Gasteiger partial charge >= 0.3 is 0 Å². The fourth-order valence-electron chi connectivity index (χ4n) is 7.69. The minimum absolute atomic E-state index is 0.633. The molecule has 0 unspecified atom stereocenters. The molecule has 8 aromatic carbocycles. The molecule has 3 heterocycles. The van der Waals surface area contributed by atoms with E-state index in [1.54, 1.807) is 0 Å². The Morgan fingerprint density at radius 2 is 0.643 bits per heavy atom. The van der Waals surface area contributed by atoms with Crippen LogP contribution in [0.1, 0.15) is 0 Å². The molecule has 56 heavy (non-hydrogen) atoms. The minimum Gasteiger partial charge on any atom is -0.208 e. The summed E-state index contributed by atoms with van der Waals surface area (Å²) in [5, 5.41) is 5.14. The van der Waals surface area contributed by atoms with E-state index in [-0.39, 0.29) is 0 Å². The second-order valence-corrected chi connectivity index (χ2v) is 16.2. The maximum absolute atomic E-state index is 5.21. The number of hydrogen-bond acceptors (Lipinski definition) is 5. The number of aromatic nitrogens is 3. The first-order chi connectivity index (χ1) is 27.7. The van der Waals surface area contributed by atoms with E-state index in [9.17, 15) is 0 Å². The van der Waals surface area contributed by atoms with Crippen molar-refractivity contribution < 1.29 is 0 Å². The fraction of sp³-hybridized carbons (Fsp3) is 0. The quantitative estimate of drug-likeness (QED) is 0.170. The van der Waals surface area contributed by atoms with Crippen LogP contribution < -0.4 is 0 Å². The molecule has 0 aliphatic rings.